The van der Waals surface area contributed by atoms with E-state index in [1.807, 2.05) is 26.0 Å². The molecule has 0 bridgehead atoms. The summed E-state index contributed by atoms with van der Waals surface area (Å²) in [6.45, 7) is 3.99. The van der Waals surface area contributed by atoms with Crippen LogP contribution in [0, 0.1) is 13.8 Å². The minimum absolute atomic E-state index is 0.310. The van der Waals surface area contributed by atoms with Gasteiger partial charge < -0.3 is 9.15 Å². The maximum Gasteiger partial charge on any atom is 0.290 e. The predicted octanol–water partition coefficient (Wildman–Crippen LogP) is 4.44. The number of thioether (sulfide) groups is 1. The maximum absolute atomic E-state index is 11.7. The molecule has 1 N–H and O–H groups in total. The van der Waals surface area contributed by atoms with Gasteiger partial charge in [0.25, 0.3) is 11.1 Å². The van der Waals surface area contributed by atoms with Crippen molar-refractivity contribution in [3.8, 4) is 16.9 Å². The molecule has 136 valence electrons. The van der Waals surface area contributed by atoms with Crippen molar-refractivity contribution in [1.82, 2.24) is 10.3 Å². The lowest BCUT2D eigenvalue weighted by molar-refractivity contribution is -0.115. The van der Waals surface area contributed by atoms with E-state index in [2.05, 4.69) is 10.3 Å². The van der Waals surface area contributed by atoms with Crippen molar-refractivity contribution in [1.29, 1.82) is 0 Å². The van der Waals surface area contributed by atoms with E-state index in [9.17, 15) is 9.59 Å². The highest BCUT2D eigenvalue weighted by molar-refractivity contribution is 8.18. The number of carbonyl (C=O) groups excluding carboxylic acids is 2. The molecule has 1 aromatic carbocycles. The van der Waals surface area contributed by atoms with Gasteiger partial charge in [0, 0.05) is 29.4 Å². The van der Waals surface area contributed by atoms with Gasteiger partial charge in [0.1, 0.15) is 17.1 Å². The molecule has 4 rings (SSSR count). The van der Waals surface area contributed by atoms with Crippen molar-refractivity contribution in [3.63, 3.8) is 0 Å². The molecular formula is C20H16N2O4S. The Morgan fingerprint density at radius 3 is 2.52 bits per heavy atom. The largest absolute Gasteiger partial charge is 0.496 e. The zero-order valence-electron chi connectivity index (χ0n) is 15.0. The summed E-state index contributed by atoms with van der Waals surface area (Å²) in [6.07, 6.45) is 5.03. The Morgan fingerprint density at radius 1 is 1.15 bits per heavy atom. The highest BCUT2D eigenvalue weighted by atomic mass is 32.2. The van der Waals surface area contributed by atoms with Crippen LogP contribution in [0.15, 0.2) is 39.9 Å². The first-order valence-corrected chi connectivity index (χ1v) is 9.06. The van der Waals surface area contributed by atoms with E-state index in [0.717, 1.165) is 45.2 Å². The molecule has 1 aliphatic heterocycles. The number of aromatic nitrogens is 1. The summed E-state index contributed by atoms with van der Waals surface area (Å²) in [5, 5.41) is 2.67. The zero-order chi connectivity index (χ0) is 19.1. The van der Waals surface area contributed by atoms with Gasteiger partial charge in [0.2, 0.25) is 0 Å². The Bertz CT molecular complexity index is 1110. The Balaban J connectivity index is 1.82. The summed E-state index contributed by atoms with van der Waals surface area (Å²) in [4.78, 5) is 27.7. The average Bonchev–Trinajstić information content (AvgIpc) is 3.16. The molecule has 3 aromatic rings. The smallest absolute Gasteiger partial charge is 0.290 e. The summed E-state index contributed by atoms with van der Waals surface area (Å²) in [5.74, 6) is 0.941. The number of fused-ring (bicyclic) bond motifs is 1. The summed E-state index contributed by atoms with van der Waals surface area (Å²) in [7, 11) is 1.66. The van der Waals surface area contributed by atoms with Crippen molar-refractivity contribution in [2.75, 3.05) is 7.11 Å². The van der Waals surface area contributed by atoms with Crippen molar-refractivity contribution in [3.05, 3.63) is 52.4 Å². The van der Waals surface area contributed by atoms with E-state index in [4.69, 9.17) is 9.15 Å². The van der Waals surface area contributed by atoms with Crippen LogP contribution in [-0.2, 0) is 4.79 Å². The normalized spacial score (nSPS) is 15.6. The highest BCUT2D eigenvalue weighted by Crippen LogP contribution is 2.35. The van der Waals surface area contributed by atoms with Crippen LogP contribution in [0.5, 0.6) is 5.75 Å². The minimum Gasteiger partial charge on any atom is -0.496 e. The second kappa shape index (κ2) is 6.59. The molecule has 6 nitrogen and oxygen atoms in total. The van der Waals surface area contributed by atoms with Gasteiger partial charge in [-0.15, -0.1) is 0 Å². The Hall–Kier alpha value is -3.06. The number of carbonyl (C=O) groups is 2. The van der Waals surface area contributed by atoms with Gasteiger partial charge in [0.15, 0.2) is 0 Å². The fraction of sp³-hybridized carbons (Fsp3) is 0.150. The predicted molar refractivity (Wildman–Crippen MR) is 105 cm³/mol. The van der Waals surface area contributed by atoms with E-state index in [1.165, 1.54) is 0 Å². The molecule has 0 unspecified atom stereocenters. The van der Waals surface area contributed by atoms with Crippen LogP contribution in [0.1, 0.15) is 16.9 Å². The SMILES string of the molecule is COc1c(C)cc(-c2cncc3cc(C=C4SC(=O)NC4=O)oc23)cc1C. The minimum atomic E-state index is -0.412. The number of aryl methyl sites for hydroxylation is 2. The second-order valence-corrected chi connectivity index (χ2v) is 7.26. The van der Waals surface area contributed by atoms with E-state index >= 15 is 0 Å². The molecule has 3 heterocycles. The third-order valence-corrected chi connectivity index (χ3v) is 5.14. The molecule has 0 radical (unpaired) electrons. The molecular weight excluding hydrogens is 364 g/mol. The van der Waals surface area contributed by atoms with E-state index in [-0.39, 0.29) is 5.24 Å². The summed E-state index contributed by atoms with van der Waals surface area (Å²) in [5.41, 5.74) is 4.55. The van der Waals surface area contributed by atoms with Crippen molar-refractivity contribution >= 4 is 40.0 Å². The fourth-order valence-corrected chi connectivity index (χ4v) is 3.90. The van der Waals surface area contributed by atoms with Crippen molar-refractivity contribution in [2.45, 2.75) is 13.8 Å². The molecule has 7 heteroatoms. The van der Waals surface area contributed by atoms with Gasteiger partial charge in [-0.05, 0) is 60.5 Å². The summed E-state index contributed by atoms with van der Waals surface area (Å²) >= 11 is 0.859. The number of methoxy groups -OCH3 is 1. The fourth-order valence-electron chi connectivity index (χ4n) is 3.24. The molecule has 1 aliphatic rings. The number of amides is 2. The van der Waals surface area contributed by atoms with Crippen LogP contribution >= 0.6 is 11.8 Å². The number of nitrogens with zero attached hydrogens (tertiary/aromatic N) is 1. The summed E-state index contributed by atoms with van der Waals surface area (Å²) in [6, 6.07) is 5.86. The van der Waals surface area contributed by atoms with E-state index in [0.29, 0.717) is 16.2 Å². The number of benzene rings is 1. The number of hydrogen-bond donors (Lipinski definition) is 1. The quantitative estimate of drug-likeness (QED) is 0.677. The number of imide groups is 1. The molecule has 0 atom stereocenters. The average molecular weight is 380 g/mol. The lowest BCUT2D eigenvalue weighted by atomic mass is 10.00. The Labute approximate surface area is 159 Å². The van der Waals surface area contributed by atoms with E-state index in [1.54, 1.807) is 31.6 Å². The van der Waals surface area contributed by atoms with Crippen LogP contribution in [0.2, 0.25) is 0 Å². The lowest BCUT2D eigenvalue weighted by Crippen LogP contribution is -2.17. The molecule has 0 spiro atoms. The summed E-state index contributed by atoms with van der Waals surface area (Å²) < 4.78 is 11.4. The van der Waals surface area contributed by atoms with Crippen LogP contribution < -0.4 is 10.1 Å². The number of ether oxygens (including phenoxy) is 1. The van der Waals surface area contributed by atoms with E-state index < -0.39 is 5.91 Å². The number of nitrogens with one attached hydrogen (secondary N) is 1. The van der Waals surface area contributed by atoms with Gasteiger partial charge in [-0.1, -0.05) is 0 Å². The van der Waals surface area contributed by atoms with Crippen LogP contribution in [0.25, 0.3) is 28.2 Å². The van der Waals surface area contributed by atoms with Gasteiger partial charge in [-0.2, -0.15) is 0 Å². The molecule has 0 aliphatic carbocycles. The molecule has 2 aromatic heterocycles. The lowest BCUT2D eigenvalue weighted by Gasteiger charge is -2.11. The standard InChI is InChI=1S/C20H16N2O4S/c1-10-4-12(5-11(2)17(10)25-3)15-9-21-8-13-6-14(26-18(13)15)7-16-19(23)22-20(24)27-16/h4-9H,1-3H3,(H,22,23,24). The number of pyridine rings is 1. The van der Waals surface area contributed by atoms with Gasteiger partial charge in [-0.25, -0.2) is 0 Å². The number of furan rings is 1. The molecule has 1 saturated heterocycles. The first-order valence-electron chi connectivity index (χ1n) is 8.24. The van der Waals surface area contributed by atoms with Gasteiger partial charge in [-0.3, -0.25) is 19.9 Å². The number of hydrogen-bond acceptors (Lipinski definition) is 6. The maximum atomic E-state index is 11.7. The van der Waals surface area contributed by atoms with Crippen LogP contribution in [-0.4, -0.2) is 23.2 Å². The van der Waals surface area contributed by atoms with Crippen LogP contribution in [0.3, 0.4) is 0 Å². The Kier molecular flexibility index (Phi) is 4.24. The van der Waals surface area contributed by atoms with Crippen molar-refractivity contribution < 1.29 is 18.7 Å². The van der Waals surface area contributed by atoms with Gasteiger partial charge in [0.05, 0.1) is 12.0 Å². The molecule has 1 fully saturated rings. The molecule has 2 amide bonds. The molecule has 27 heavy (non-hydrogen) atoms. The third kappa shape index (κ3) is 3.10. The monoisotopic (exact) mass is 380 g/mol. The number of rotatable bonds is 3. The molecule has 0 saturated carbocycles. The van der Waals surface area contributed by atoms with Crippen molar-refractivity contribution in [2.24, 2.45) is 0 Å². The Morgan fingerprint density at radius 2 is 1.89 bits per heavy atom. The topological polar surface area (TPSA) is 81.4 Å². The third-order valence-electron chi connectivity index (χ3n) is 4.33. The first kappa shape index (κ1) is 17.4. The van der Waals surface area contributed by atoms with Gasteiger partial charge >= 0.3 is 0 Å². The van der Waals surface area contributed by atoms with Crippen LogP contribution in [0.4, 0.5) is 4.79 Å². The second-order valence-electron chi connectivity index (χ2n) is 6.25. The highest BCUT2D eigenvalue weighted by Gasteiger charge is 2.25. The zero-order valence-corrected chi connectivity index (χ0v) is 15.8. The first-order chi connectivity index (χ1) is 13.0.